The third-order valence-electron chi connectivity index (χ3n) is 2.98. The molecule has 0 saturated carbocycles. The highest BCUT2D eigenvalue weighted by Gasteiger charge is 2.22. The molecule has 0 spiro atoms. The van der Waals surface area contributed by atoms with Crippen molar-refractivity contribution in [3.8, 4) is 24.2 Å². The summed E-state index contributed by atoms with van der Waals surface area (Å²) < 4.78 is 9.85. The van der Waals surface area contributed by atoms with E-state index < -0.39 is 0 Å². The first-order valence-electron chi connectivity index (χ1n) is 6.28. The molecule has 0 radical (unpaired) electrons. The lowest BCUT2D eigenvalue weighted by Crippen LogP contribution is -2.19. The summed E-state index contributed by atoms with van der Waals surface area (Å²) in [5.74, 6) is 8.91. The maximum Gasteiger partial charge on any atom is 0.147 e. The Hall–Kier alpha value is -1.74. The van der Waals surface area contributed by atoms with Gasteiger partial charge in [-0.05, 0) is 18.9 Å². The average Bonchev–Trinajstić information content (AvgIpc) is 2.47. The Bertz CT molecular complexity index is 462. The van der Waals surface area contributed by atoms with Crippen molar-refractivity contribution in [2.75, 3.05) is 20.5 Å². The van der Waals surface area contributed by atoms with Gasteiger partial charge in [0.2, 0.25) is 0 Å². The molecule has 0 aromatic heterocycles. The van der Waals surface area contributed by atoms with Crippen molar-refractivity contribution >= 4 is 0 Å². The molecule has 1 rings (SSSR count). The number of benzene rings is 1. The molecule has 0 N–H and O–H groups in total. The molecule has 0 aliphatic carbocycles. The molecule has 1 aromatic carbocycles. The fourth-order valence-electron chi connectivity index (χ4n) is 1.73. The Balaban J connectivity index is 2.48. The monoisotopic (exact) mass is 256 g/mol. The fraction of sp³-hybridized carbons (Fsp3) is 0.412. The summed E-state index contributed by atoms with van der Waals surface area (Å²) in [6.07, 6.45) is 7.27. The Morgan fingerprint density at radius 2 is 1.95 bits per heavy atom. The number of hydrogen-bond donors (Lipinski definition) is 0. The largest absolute Gasteiger partial charge is 0.359 e. The van der Waals surface area contributed by atoms with Crippen molar-refractivity contribution in [1.82, 2.24) is 0 Å². The molecule has 1 aromatic rings. The van der Waals surface area contributed by atoms with E-state index in [0.29, 0.717) is 6.61 Å². The molecule has 0 aliphatic rings. The number of ether oxygens (including phenoxy) is 2. The maximum atomic E-state index is 5.68. The summed E-state index contributed by atoms with van der Waals surface area (Å²) >= 11 is 0. The Labute approximate surface area is 116 Å². The molecule has 0 aliphatic heterocycles. The van der Waals surface area contributed by atoms with Crippen LogP contribution in [0.4, 0.5) is 0 Å². The molecule has 0 amide bonds. The molecule has 0 bridgehead atoms. The zero-order valence-electron chi connectivity index (χ0n) is 11.6. The van der Waals surface area contributed by atoms with Gasteiger partial charge in [0.05, 0.1) is 5.41 Å². The molecule has 1 atom stereocenters. The van der Waals surface area contributed by atoms with Gasteiger partial charge in [-0.25, -0.2) is 0 Å². The van der Waals surface area contributed by atoms with Gasteiger partial charge < -0.3 is 9.47 Å². The SMILES string of the molecule is C#CC(C)(CCC#CCOCOC)c1ccccc1. The van der Waals surface area contributed by atoms with Crippen molar-refractivity contribution in [3.63, 3.8) is 0 Å². The average molecular weight is 256 g/mol. The molecule has 0 heterocycles. The van der Waals surface area contributed by atoms with Gasteiger partial charge in [-0.15, -0.1) is 12.3 Å². The second-order valence-corrected chi connectivity index (χ2v) is 4.45. The molecule has 2 nitrogen and oxygen atoms in total. The van der Waals surface area contributed by atoms with Crippen LogP contribution in [0.3, 0.4) is 0 Å². The predicted molar refractivity (Wildman–Crippen MR) is 77.5 cm³/mol. The van der Waals surface area contributed by atoms with Crippen LogP contribution in [0, 0.1) is 24.2 Å². The van der Waals surface area contributed by atoms with Crippen LogP contribution in [0.15, 0.2) is 30.3 Å². The summed E-state index contributed by atoms with van der Waals surface area (Å²) in [6.45, 7) is 2.75. The van der Waals surface area contributed by atoms with Crippen molar-refractivity contribution in [3.05, 3.63) is 35.9 Å². The molecular weight excluding hydrogens is 236 g/mol. The zero-order chi connectivity index (χ0) is 14.0. The first kappa shape index (κ1) is 15.3. The summed E-state index contributed by atoms with van der Waals surface area (Å²) in [6, 6.07) is 10.1. The van der Waals surface area contributed by atoms with E-state index in [-0.39, 0.29) is 12.2 Å². The summed E-state index contributed by atoms with van der Waals surface area (Å²) in [4.78, 5) is 0. The standard InChI is InChI=1S/C17H20O2/c1-4-17(2,16-11-7-5-8-12-16)13-9-6-10-14-19-15-18-3/h1,5,7-8,11-12H,9,13-15H2,2-3H3. The number of methoxy groups -OCH3 is 1. The number of hydrogen-bond acceptors (Lipinski definition) is 2. The van der Waals surface area contributed by atoms with E-state index in [9.17, 15) is 0 Å². The van der Waals surface area contributed by atoms with E-state index in [2.05, 4.69) is 36.8 Å². The van der Waals surface area contributed by atoms with Crippen molar-refractivity contribution in [2.45, 2.75) is 25.2 Å². The third-order valence-corrected chi connectivity index (χ3v) is 2.98. The molecular formula is C17H20O2. The number of rotatable bonds is 6. The van der Waals surface area contributed by atoms with Crippen LogP contribution in [0.1, 0.15) is 25.3 Å². The van der Waals surface area contributed by atoms with Gasteiger partial charge in [-0.2, -0.15) is 0 Å². The van der Waals surface area contributed by atoms with Gasteiger partial charge in [0.25, 0.3) is 0 Å². The Morgan fingerprint density at radius 1 is 1.21 bits per heavy atom. The van der Waals surface area contributed by atoms with Crippen LogP contribution in [0.25, 0.3) is 0 Å². The second kappa shape index (κ2) is 8.38. The lowest BCUT2D eigenvalue weighted by Gasteiger charge is -2.23. The van der Waals surface area contributed by atoms with Crippen LogP contribution in [0.2, 0.25) is 0 Å². The molecule has 0 fully saturated rings. The van der Waals surface area contributed by atoms with Gasteiger partial charge in [0, 0.05) is 13.5 Å². The first-order valence-corrected chi connectivity index (χ1v) is 6.28. The first-order chi connectivity index (χ1) is 9.23. The maximum absolute atomic E-state index is 5.68. The quantitative estimate of drug-likeness (QED) is 0.442. The molecule has 19 heavy (non-hydrogen) atoms. The minimum atomic E-state index is -0.261. The smallest absolute Gasteiger partial charge is 0.147 e. The summed E-state index contributed by atoms with van der Waals surface area (Å²) in [7, 11) is 1.59. The predicted octanol–water partition coefficient (Wildman–Crippen LogP) is 2.98. The number of terminal acetylenes is 1. The van der Waals surface area contributed by atoms with Crippen LogP contribution >= 0.6 is 0 Å². The van der Waals surface area contributed by atoms with Gasteiger partial charge in [-0.1, -0.05) is 42.2 Å². The lowest BCUT2D eigenvalue weighted by atomic mass is 9.79. The normalized spacial score (nSPS) is 12.9. The Morgan fingerprint density at radius 3 is 2.58 bits per heavy atom. The second-order valence-electron chi connectivity index (χ2n) is 4.45. The van der Waals surface area contributed by atoms with Crippen LogP contribution < -0.4 is 0 Å². The minimum Gasteiger partial charge on any atom is -0.359 e. The van der Waals surface area contributed by atoms with E-state index in [0.717, 1.165) is 18.4 Å². The molecule has 100 valence electrons. The van der Waals surface area contributed by atoms with E-state index in [1.807, 2.05) is 18.2 Å². The van der Waals surface area contributed by atoms with E-state index in [1.54, 1.807) is 7.11 Å². The molecule has 1 unspecified atom stereocenters. The van der Waals surface area contributed by atoms with E-state index >= 15 is 0 Å². The highest BCUT2D eigenvalue weighted by atomic mass is 16.7. The summed E-state index contributed by atoms with van der Waals surface area (Å²) in [5, 5.41) is 0. The van der Waals surface area contributed by atoms with Gasteiger partial charge in [0.15, 0.2) is 0 Å². The van der Waals surface area contributed by atoms with Crippen molar-refractivity contribution in [2.24, 2.45) is 0 Å². The summed E-state index contributed by atoms with van der Waals surface area (Å²) in [5.41, 5.74) is 0.901. The minimum absolute atomic E-state index is 0.261. The zero-order valence-corrected chi connectivity index (χ0v) is 11.6. The highest BCUT2D eigenvalue weighted by molar-refractivity contribution is 5.33. The van der Waals surface area contributed by atoms with Crippen molar-refractivity contribution in [1.29, 1.82) is 0 Å². The third kappa shape index (κ3) is 5.18. The molecule has 0 saturated heterocycles. The lowest BCUT2D eigenvalue weighted by molar-refractivity contribution is -0.0166. The van der Waals surface area contributed by atoms with E-state index in [1.165, 1.54) is 0 Å². The van der Waals surface area contributed by atoms with Gasteiger partial charge in [0.1, 0.15) is 13.4 Å². The van der Waals surface area contributed by atoms with Crippen LogP contribution in [-0.4, -0.2) is 20.5 Å². The van der Waals surface area contributed by atoms with Gasteiger partial charge in [-0.3, -0.25) is 0 Å². The van der Waals surface area contributed by atoms with Gasteiger partial charge >= 0.3 is 0 Å². The highest BCUT2D eigenvalue weighted by Crippen LogP contribution is 2.27. The van der Waals surface area contributed by atoms with Crippen LogP contribution in [-0.2, 0) is 14.9 Å². The van der Waals surface area contributed by atoms with Crippen molar-refractivity contribution < 1.29 is 9.47 Å². The van der Waals surface area contributed by atoms with E-state index in [4.69, 9.17) is 15.9 Å². The topological polar surface area (TPSA) is 18.5 Å². The Kier molecular flexibility index (Phi) is 6.75. The van der Waals surface area contributed by atoms with Crippen LogP contribution in [0.5, 0.6) is 0 Å². The fourth-order valence-corrected chi connectivity index (χ4v) is 1.73. The molecule has 2 heteroatoms.